The molecule has 0 fully saturated rings. The van der Waals surface area contributed by atoms with Crippen LogP contribution in [0.15, 0.2) is 35.4 Å². The average molecular weight is 293 g/mol. The number of benzene rings is 1. The van der Waals surface area contributed by atoms with Gasteiger partial charge in [-0.05, 0) is 25.2 Å². The van der Waals surface area contributed by atoms with Crippen LogP contribution < -0.4 is 4.31 Å². The Kier molecular flexibility index (Phi) is 2.68. The van der Waals surface area contributed by atoms with Crippen molar-refractivity contribution in [3.05, 3.63) is 35.2 Å². The van der Waals surface area contributed by atoms with Crippen LogP contribution in [0.3, 0.4) is 0 Å². The molecule has 0 spiro atoms. The molecule has 0 aliphatic carbocycles. The molecule has 2 heterocycles. The second-order valence-corrected chi connectivity index (χ2v) is 6.33. The summed E-state index contributed by atoms with van der Waals surface area (Å²) in [6.07, 6.45) is 1.32. The Morgan fingerprint density at radius 1 is 1.37 bits per heavy atom. The summed E-state index contributed by atoms with van der Waals surface area (Å²) in [6, 6.07) is 7.34. The second-order valence-electron chi connectivity index (χ2n) is 4.11. The SMILES string of the molecule is CCN1c2ccccc2-c2[nH]c(=S)ncc2S1(=O)=O. The first kappa shape index (κ1) is 12.3. The number of aromatic nitrogens is 2. The van der Waals surface area contributed by atoms with Crippen molar-refractivity contribution < 1.29 is 8.42 Å². The Hall–Kier alpha value is -1.73. The van der Waals surface area contributed by atoms with Crippen LogP contribution in [0.2, 0.25) is 0 Å². The van der Waals surface area contributed by atoms with Crippen molar-refractivity contribution in [3.8, 4) is 11.3 Å². The predicted octanol–water partition coefficient (Wildman–Crippen LogP) is 2.33. The standard InChI is InChI=1S/C12H11N3O2S2/c1-2-15-9-6-4-3-5-8(9)11-10(19(15,16)17)7-13-12(18)14-11/h3-7H,2H2,1H3,(H,13,14,18). The van der Waals surface area contributed by atoms with E-state index in [2.05, 4.69) is 9.97 Å². The van der Waals surface area contributed by atoms with Crippen molar-refractivity contribution in [2.75, 3.05) is 10.8 Å². The summed E-state index contributed by atoms with van der Waals surface area (Å²) in [5.74, 6) is 0. The fourth-order valence-corrected chi connectivity index (χ4v) is 4.02. The Labute approximate surface area is 116 Å². The minimum absolute atomic E-state index is 0.168. The third kappa shape index (κ3) is 1.69. The molecule has 1 N–H and O–H groups in total. The topological polar surface area (TPSA) is 66.1 Å². The molecule has 0 bridgehead atoms. The van der Waals surface area contributed by atoms with Crippen LogP contribution in [0.4, 0.5) is 5.69 Å². The first-order chi connectivity index (χ1) is 9.05. The fraction of sp³-hybridized carbons (Fsp3) is 0.167. The first-order valence-corrected chi connectivity index (χ1v) is 7.62. The summed E-state index contributed by atoms with van der Waals surface area (Å²) in [6.45, 7) is 2.17. The highest BCUT2D eigenvalue weighted by Gasteiger charge is 2.34. The van der Waals surface area contributed by atoms with Gasteiger partial charge in [0.25, 0.3) is 10.0 Å². The van der Waals surface area contributed by atoms with Gasteiger partial charge in [0.05, 0.1) is 17.6 Å². The number of sulfonamides is 1. The number of hydrogen-bond acceptors (Lipinski definition) is 4. The lowest BCUT2D eigenvalue weighted by Gasteiger charge is -2.30. The van der Waals surface area contributed by atoms with Gasteiger partial charge in [0.1, 0.15) is 4.90 Å². The zero-order valence-electron chi connectivity index (χ0n) is 10.1. The maximum absolute atomic E-state index is 12.5. The second kappa shape index (κ2) is 4.14. The molecule has 0 atom stereocenters. The van der Waals surface area contributed by atoms with Gasteiger partial charge in [0, 0.05) is 12.1 Å². The van der Waals surface area contributed by atoms with Crippen molar-refractivity contribution in [2.45, 2.75) is 11.8 Å². The van der Waals surface area contributed by atoms with Crippen molar-refractivity contribution >= 4 is 27.9 Å². The summed E-state index contributed by atoms with van der Waals surface area (Å²) in [4.78, 5) is 6.93. The van der Waals surface area contributed by atoms with Gasteiger partial charge in [-0.1, -0.05) is 18.2 Å². The normalized spacial score (nSPS) is 15.7. The molecule has 98 valence electrons. The van der Waals surface area contributed by atoms with Gasteiger partial charge in [0.2, 0.25) is 0 Å². The predicted molar refractivity (Wildman–Crippen MR) is 75.1 cm³/mol. The summed E-state index contributed by atoms with van der Waals surface area (Å²) >= 11 is 4.98. The summed E-state index contributed by atoms with van der Waals surface area (Å²) in [5, 5.41) is 0. The maximum atomic E-state index is 12.5. The number of anilines is 1. The Balaban J connectivity index is 2.46. The van der Waals surface area contributed by atoms with Crippen LogP contribution >= 0.6 is 12.2 Å². The molecule has 0 amide bonds. The van der Waals surface area contributed by atoms with Crippen LogP contribution in [0, 0.1) is 4.77 Å². The molecule has 19 heavy (non-hydrogen) atoms. The Bertz CT molecular complexity index is 812. The lowest BCUT2D eigenvalue weighted by atomic mass is 10.1. The van der Waals surface area contributed by atoms with Gasteiger partial charge < -0.3 is 4.98 Å². The van der Waals surface area contributed by atoms with Crippen LogP contribution in [0.25, 0.3) is 11.3 Å². The minimum Gasteiger partial charge on any atom is -0.329 e. The minimum atomic E-state index is -3.57. The highest BCUT2D eigenvalue weighted by molar-refractivity contribution is 7.93. The number of rotatable bonds is 1. The van der Waals surface area contributed by atoms with Crippen molar-refractivity contribution in [2.24, 2.45) is 0 Å². The quantitative estimate of drug-likeness (QED) is 0.820. The molecular weight excluding hydrogens is 282 g/mol. The number of fused-ring (bicyclic) bond motifs is 3. The molecule has 1 aromatic heterocycles. The molecule has 1 aliphatic heterocycles. The smallest absolute Gasteiger partial charge is 0.267 e. The highest BCUT2D eigenvalue weighted by Crippen LogP contribution is 2.40. The molecule has 5 nitrogen and oxygen atoms in total. The van der Waals surface area contributed by atoms with E-state index in [4.69, 9.17) is 12.2 Å². The third-order valence-corrected chi connectivity index (χ3v) is 5.18. The Morgan fingerprint density at radius 3 is 2.84 bits per heavy atom. The molecule has 2 aromatic rings. The molecule has 3 rings (SSSR count). The summed E-state index contributed by atoms with van der Waals surface area (Å²) < 4.78 is 26.7. The van der Waals surface area contributed by atoms with E-state index in [1.807, 2.05) is 18.2 Å². The third-order valence-electron chi connectivity index (χ3n) is 3.07. The van der Waals surface area contributed by atoms with Gasteiger partial charge in [-0.25, -0.2) is 13.4 Å². The van der Waals surface area contributed by atoms with E-state index in [9.17, 15) is 8.42 Å². The van der Waals surface area contributed by atoms with E-state index in [1.165, 1.54) is 10.5 Å². The van der Waals surface area contributed by atoms with Crippen molar-refractivity contribution in [1.29, 1.82) is 0 Å². The van der Waals surface area contributed by atoms with E-state index >= 15 is 0 Å². The fourth-order valence-electron chi connectivity index (χ4n) is 2.27. The number of hydrogen-bond donors (Lipinski definition) is 1. The molecule has 0 saturated heterocycles. The van der Waals surface area contributed by atoms with Gasteiger partial charge in [-0.3, -0.25) is 4.31 Å². The lowest BCUT2D eigenvalue weighted by Crippen LogP contribution is -2.34. The number of para-hydroxylation sites is 1. The van der Waals surface area contributed by atoms with Crippen LogP contribution in [-0.4, -0.2) is 24.9 Å². The molecule has 7 heteroatoms. The number of H-pyrrole nitrogens is 1. The number of nitrogens with zero attached hydrogens (tertiary/aromatic N) is 2. The molecule has 0 unspecified atom stereocenters. The molecule has 1 aromatic carbocycles. The average Bonchev–Trinajstić information content (AvgIpc) is 2.38. The van der Waals surface area contributed by atoms with E-state index in [0.717, 1.165) is 5.56 Å². The maximum Gasteiger partial charge on any atom is 0.267 e. The molecule has 0 saturated carbocycles. The van der Waals surface area contributed by atoms with Crippen molar-refractivity contribution in [1.82, 2.24) is 9.97 Å². The first-order valence-electron chi connectivity index (χ1n) is 5.77. The highest BCUT2D eigenvalue weighted by atomic mass is 32.2. The van der Waals surface area contributed by atoms with Gasteiger partial charge >= 0.3 is 0 Å². The van der Waals surface area contributed by atoms with Crippen LogP contribution in [0.5, 0.6) is 0 Å². The van der Waals surface area contributed by atoms with E-state index < -0.39 is 10.0 Å². The molecule has 1 aliphatic rings. The van der Waals surface area contributed by atoms with Gasteiger partial charge in [-0.2, -0.15) is 0 Å². The van der Waals surface area contributed by atoms with Crippen molar-refractivity contribution in [3.63, 3.8) is 0 Å². The zero-order valence-corrected chi connectivity index (χ0v) is 11.8. The summed E-state index contributed by atoms with van der Waals surface area (Å²) in [5.41, 5.74) is 2.00. The Morgan fingerprint density at radius 2 is 2.11 bits per heavy atom. The number of aromatic amines is 1. The zero-order chi connectivity index (χ0) is 13.6. The van der Waals surface area contributed by atoms with E-state index in [1.54, 1.807) is 13.0 Å². The lowest BCUT2D eigenvalue weighted by molar-refractivity contribution is 0.590. The monoisotopic (exact) mass is 293 g/mol. The van der Waals surface area contributed by atoms with E-state index in [-0.39, 0.29) is 9.67 Å². The van der Waals surface area contributed by atoms with Crippen LogP contribution in [0.1, 0.15) is 6.92 Å². The largest absolute Gasteiger partial charge is 0.329 e. The number of nitrogens with one attached hydrogen (secondary N) is 1. The molecular formula is C12H11N3O2S2. The van der Waals surface area contributed by atoms with Crippen LogP contribution in [-0.2, 0) is 10.0 Å². The summed E-state index contributed by atoms with van der Waals surface area (Å²) in [7, 11) is -3.57. The van der Waals surface area contributed by atoms with E-state index in [0.29, 0.717) is 17.9 Å². The van der Waals surface area contributed by atoms with Gasteiger partial charge in [-0.15, -0.1) is 0 Å². The van der Waals surface area contributed by atoms with Gasteiger partial charge in [0.15, 0.2) is 4.77 Å². The molecule has 0 radical (unpaired) electrons.